The standard InChI is InChI=1S/C22H29N7O2/c1-22(2,3)31-21(30)26-11-6-17-18(7-12-26)25-19-5-9-24-29(19)20(17)27-13-16(14-27)15-28-10-4-8-23-28/h4-5,8-10,16H,6-7,11-15H2,1-3H3. The molecule has 9 heteroatoms. The lowest BCUT2D eigenvalue weighted by molar-refractivity contribution is 0.0258. The van der Waals surface area contributed by atoms with Crippen LogP contribution in [0.15, 0.2) is 30.7 Å². The number of hydrogen-bond acceptors (Lipinski definition) is 6. The molecule has 164 valence electrons. The Labute approximate surface area is 181 Å². The zero-order valence-electron chi connectivity index (χ0n) is 18.4. The normalized spacial score (nSPS) is 17.4. The lowest BCUT2D eigenvalue weighted by Crippen LogP contribution is -2.50. The van der Waals surface area contributed by atoms with Gasteiger partial charge in [-0.2, -0.15) is 14.7 Å². The summed E-state index contributed by atoms with van der Waals surface area (Å²) in [5.74, 6) is 1.67. The van der Waals surface area contributed by atoms with Gasteiger partial charge in [0.2, 0.25) is 0 Å². The van der Waals surface area contributed by atoms with E-state index in [-0.39, 0.29) is 6.09 Å². The third-order valence-electron chi connectivity index (χ3n) is 5.85. The van der Waals surface area contributed by atoms with Gasteiger partial charge in [0.05, 0.1) is 11.9 Å². The van der Waals surface area contributed by atoms with Crippen LogP contribution in [0, 0.1) is 5.92 Å². The highest BCUT2D eigenvalue weighted by molar-refractivity contribution is 5.69. The Balaban J connectivity index is 1.37. The summed E-state index contributed by atoms with van der Waals surface area (Å²) in [6.45, 7) is 9.77. The van der Waals surface area contributed by atoms with Gasteiger partial charge in [-0.15, -0.1) is 0 Å². The van der Waals surface area contributed by atoms with Gasteiger partial charge in [-0.25, -0.2) is 9.78 Å². The zero-order valence-corrected chi connectivity index (χ0v) is 18.4. The van der Waals surface area contributed by atoms with Crippen LogP contribution in [-0.2, 0) is 24.1 Å². The minimum Gasteiger partial charge on any atom is -0.444 e. The van der Waals surface area contributed by atoms with Gasteiger partial charge >= 0.3 is 6.09 Å². The molecule has 3 aromatic heterocycles. The maximum atomic E-state index is 12.6. The molecule has 0 saturated carbocycles. The summed E-state index contributed by atoms with van der Waals surface area (Å²) in [6.07, 6.45) is 6.84. The van der Waals surface area contributed by atoms with Gasteiger partial charge in [0.15, 0.2) is 5.65 Å². The molecule has 1 saturated heterocycles. The second kappa shape index (κ2) is 7.55. The number of rotatable bonds is 3. The van der Waals surface area contributed by atoms with E-state index in [9.17, 15) is 4.79 Å². The number of anilines is 1. The topological polar surface area (TPSA) is 80.8 Å². The molecular formula is C22H29N7O2. The van der Waals surface area contributed by atoms with Crippen LogP contribution in [-0.4, -0.2) is 67.2 Å². The van der Waals surface area contributed by atoms with Crippen LogP contribution in [0.2, 0.25) is 0 Å². The highest BCUT2D eigenvalue weighted by atomic mass is 16.6. The van der Waals surface area contributed by atoms with Gasteiger partial charge in [-0.1, -0.05) is 0 Å². The lowest BCUT2D eigenvalue weighted by atomic mass is 9.98. The number of ether oxygens (including phenoxy) is 1. The highest BCUT2D eigenvalue weighted by Crippen LogP contribution is 2.32. The summed E-state index contributed by atoms with van der Waals surface area (Å²) in [6, 6.07) is 3.91. The fourth-order valence-electron chi connectivity index (χ4n) is 4.43. The van der Waals surface area contributed by atoms with Crippen molar-refractivity contribution in [2.24, 2.45) is 5.92 Å². The van der Waals surface area contributed by atoms with Crippen molar-refractivity contribution in [2.45, 2.75) is 45.8 Å². The Kier molecular flexibility index (Phi) is 4.83. The van der Waals surface area contributed by atoms with E-state index in [0.29, 0.717) is 25.4 Å². The van der Waals surface area contributed by atoms with Crippen molar-refractivity contribution in [2.75, 3.05) is 31.1 Å². The van der Waals surface area contributed by atoms with E-state index < -0.39 is 5.60 Å². The maximum Gasteiger partial charge on any atom is 0.410 e. The van der Waals surface area contributed by atoms with E-state index in [0.717, 1.165) is 43.2 Å². The van der Waals surface area contributed by atoms with Gasteiger partial charge in [0, 0.05) is 69.1 Å². The molecule has 5 heterocycles. The summed E-state index contributed by atoms with van der Waals surface area (Å²) < 4.78 is 9.55. The van der Waals surface area contributed by atoms with Crippen molar-refractivity contribution >= 4 is 17.6 Å². The number of aromatic nitrogens is 5. The SMILES string of the molecule is CC(C)(C)OC(=O)N1CCc2nc3ccnn3c(N3CC(Cn4cccn4)C3)c2CC1. The molecule has 0 spiro atoms. The molecule has 0 aliphatic carbocycles. The number of amides is 1. The molecule has 5 rings (SSSR count). The van der Waals surface area contributed by atoms with Gasteiger partial charge in [-0.3, -0.25) is 4.68 Å². The van der Waals surface area contributed by atoms with E-state index in [4.69, 9.17) is 9.72 Å². The molecule has 1 amide bonds. The summed E-state index contributed by atoms with van der Waals surface area (Å²) in [4.78, 5) is 21.7. The molecule has 0 radical (unpaired) electrons. The van der Waals surface area contributed by atoms with Crippen molar-refractivity contribution in [3.63, 3.8) is 0 Å². The Morgan fingerprint density at radius 2 is 1.97 bits per heavy atom. The molecular weight excluding hydrogens is 394 g/mol. The van der Waals surface area contributed by atoms with Crippen LogP contribution >= 0.6 is 0 Å². The predicted octanol–water partition coefficient (Wildman–Crippen LogP) is 2.40. The van der Waals surface area contributed by atoms with Gasteiger partial charge < -0.3 is 14.5 Å². The molecule has 0 N–H and O–H groups in total. The minimum absolute atomic E-state index is 0.255. The average molecular weight is 424 g/mol. The number of carbonyl (C=O) groups excluding carboxylic acids is 1. The molecule has 0 bridgehead atoms. The van der Waals surface area contributed by atoms with Gasteiger partial charge in [0.1, 0.15) is 11.4 Å². The van der Waals surface area contributed by atoms with Crippen molar-refractivity contribution in [1.82, 2.24) is 29.3 Å². The molecule has 0 unspecified atom stereocenters. The van der Waals surface area contributed by atoms with Crippen LogP contribution < -0.4 is 4.90 Å². The molecule has 0 aromatic carbocycles. The van der Waals surface area contributed by atoms with Crippen molar-refractivity contribution in [3.05, 3.63) is 42.0 Å². The Morgan fingerprint density at radius 1 is 1.16 bits per heavy atom. The van der Waals surface area contributed by atoms with Gasteiger partial charge in [-0.05, 0) is 33.3 Å². The molecule has 2 aliphatic rings. The monoisotopic (exact) mass is 423 g/mol. The van der Waals surface area contributed by atoms with Crippen molar-refractivity contribution in [1.29, 1.82) is 0 Å². The highest BCUT2D eigenvalue weighted by Gasteiger charge is 2.33. The van der Waals surface area contributed by atoms with Crippen molar-refractivity contribution < 1.29 is 9.53 Å². The number of hydrogen-bond donors (Lipinski definition) is 0. The smallest absolute Gasteiger partial charge is 0.410 e. The third-order valence-corrected chi connectivity index (χ3v) is 5.85. The van der Waals surface area contributed by atoms with Gasteiger partial charge in [0.25, 0.3) is 0 Å². The van der Waals surface area contributed by atoms with Crippen LogP contribution in [0.4, 0.5) is 10.6 Å². The van der Waals surface area contributed by atoms with Crippen LogP contribution in [0.25, 0.3) is 5.65 Å². The average Bonchev–Trinajstić information content (AvgIpc) is 3.30. The fourth-order valence-corrected chi connectivity index (χ4v) is 4.43. The Hall–Kier alpha value is -3.10. The number of nitrogens with zero attached hydrogens (tertiary/aromatic N) is 7. The molecule has 9 nitrogen and oxygen atoms in total. The molecule has 31 heavy (non-hydrogen) atoms. The lowest BCUT2D eigenvalue weighted by Gasteiger charge is -2.41. The van der Waals surface area contributed by atoms with E-state index in [1.165, 1.54) is 5.56 Å². The summed E-state index contributed by atoms with van der Waals surface area (Å²) in [5, 5.41) is 8.88. The van der Waals surface area contributed by atoms with E-state index >= 15 is 0 Å². The summed E-state index contributed by atoms with van der Waals surface area (Å²) in [5.41, 5.74) is 2.61. The van der Waals surface area contributed by atoms with Crippen LogP contribution in [0.1, 0.15) is 32.0 Å². The zero-order chi connectivity index (χ0) is 21.6. The number of carbonyl (C=O) groups is 1. The van der Waals surface area contributed by atoms with Crippen LogP contribution in [0.3, 0.4) is 0 Å². The van der Waals surface area contributed by atoms with E-state index in [2.05, 4.69) is 15.1 Å². The largest absolute Gasteiger partial charge is 0.444 e. The summed E-state index contributed by atoms with van der Waals surface area (Å²) in [7, 11) is 0. The quantitative estimate of drug-likeness (QED) is 0.644. The maximum absolute atomic E-state index is 12.6. The molecule has 1 fully saturated rings. The molecule has 2 aliphatic heterocycles. The first-order valence-electron chi connectivity index (χ1n) is 10.9. The summed E-state index contributed by atoms with van der Waals surface area (Å²) >= 11 is 0. The van der Waals surface area contributed by atoms with Crippen LogP contribution in [0.5, 0.6) is 0 Å². The number of fused-ring (bicyclic) bond motifs is 2. The first-order chi connectivity index (χ1) is 14.9. The first kappa shape index (κ1) is 19.8. The molecule has 0 atom stereocenters. The second-order valence-corrected chi connectivity index (χ2v) is 9.43. The third kappa shape index (κ3) is 3.96. The second-order valence-electron chi connectivity index (χ2n) is 9.43. The van der Waals surface area contributed by atoms with Crippen molar-refractivity contribution in [3.8, 4) is 0 Å². The Bertz CT molecular complexity index is 1080. The molecule has 3 aromatic rings. The van der Waals surface area contributed by atoms with E-state index in [1.54, 1.807) is 11.1 Å². The minimum atomic E-state index is -0.498. The van der Waals surface area contributed by atoms with E-state index in [1.807, 2.05) is 54.5 Å². The fraction of sp³-hybridized carbons (Fsp3) is 0.545. The predicted molar refractivity (Wildman–Crippen MR) is 116 cm³/mol. The first-order valence-corrected chi connectivity index (χ1v) is 10.9. The Morgan fingerprint density at radius 3 is 2.71 bits per heavy atom.